The third kappa shape index (κ3) is 4.58. The lowest BCUT2D eigenvalue weighted by molar-refractivity contribution is -0.127. The number of benzene rings is 3. The molecule has 0 bridgehead atoms. The molecular formula is C24H26N2O2. The number of rotatable bonds is 6. The van der Waals surface area contributed by atoms with E-state index in [2.05, 4.69) is 42.6 Å². The minimum Gasteiger partial charge on any atom is -0.481 e. The Balaban J connectivity index is 1.66. The van der Waals surface area contributed by atoms with Gasteiger partial charge in [-0.1, -0.05) is 68.4 Å². The number of carbonyl (C=O) groups is 1. The Labute approximate surface area is 166 Å². The fourth-order valence-electron chi connectivity index (χ4n) is 2.97. The van der Waals surface area contributed by atoms with Crippen LogP contribution in [0.5, 0.6) is 5.75 Å². The molecule has 0 aliphatic heterocycles. The van der Waals surface area contributed by atoms with Crippen molar-refractivity contribution in [1.29, 1.82) is 0 Å². The number of hydrazone groups is 1. The maximum Gasteiger partial charge on any atom is 0.280 e. The van der Waals surface area contributed by atoms with E-state index < -0.39 is 6.10 Å². The molecule has 0 fully saturated rings. The molecule has 0 aromatic heterocycles. The lowest BCUT2D eigenvalue weighted by atomic mass is 10.0. The van der Waals surface area contributed by atoms with Gasteiger partial charge in [-0.05, 0) is 47.7 Å². The first-order valence-electron chi connectivity index (χ1n) is 9.53. The number of ether oxygens (including phenoxy) is 1. The van der Waals surface area contributed by atoms with E-state index in [1.54, 1.807) is 13.1 Å². The molecule has 1 atom stereocenters. The van der Waals surface area contributed by atoms with Crippen molar-refractivity contribution in [2.75, 3.05) is 0 Å². The highest BCUT2D eigenvalue weighted by Gasteiger charge is 2.16. The summed E-state index contributed by atoms with van der Waals surface area (Å²) in [4.78, 5) is 12.4. The highest BCUT2D eigenvalue weighted by Crippen LogP contribution is 2.25. The number of carbonyl (C=O) groups excluding carboxylic acids is 1. The summed E-state index contributed by atoms with van der Waals surface area (Å²) in [6, 6.07) is 20.2. The van der Waals surface area contributed by atoms with Crippen molar-refractivity contribution in [3.8, 4) is 5.75 Å². The standard InChI is InChI=1S/C24H26N2O2/c1-16(2)20-13-12-17(3)23(14-20)28-18(4)24(27)26-25-15-21-10-7-9-19-8-5-6-11-22(19)21/h5-16,18H,1-4H3,(H,26,27)/t18-/m0/s1. The monoisotopic (exact) mass is 374 g/mol. The lowest BCUT2D eigenvalue weighted by Crippen LogP contribution is -2.33. The molecule has 0 radical (unpaired) electrons. The van der Waals surface area contributed by atoms with Gasteiger partial charge in [0.25, 0.3) is 5.91 Å². The second kappa shape index (κ2) is 8.70. The maximum atomic E-state index is 12.4. The number of amides is 1. The van der Waals surface area contributed by atoms with Gasteiger partial charge in [0.05, 0.1) is 6.21 Å². The number of hydrogen-bond donors (Lipinski definition) is 1. The predicted molar refractivity (Wildman–Crippen MR) is 115 cm³/mol. The van der Waals surface area contributed by atoms with E-state index in [9.17, 15) is 4.79 Å². The van der Waals surface area contributed by atoms with E-state index >= 15 is 0 Å². The molecule has 0 aliphatic rings. The van der Waals surface area contributed by atoms with Crippen LogP contribution in [0, 0.1) is 6.92 Å². The number of nitrogens with one attached hydrogen (secondary N) is 1. The Hall–Kier alpha value is -3.14. The quantitative estimate of drug-likeness (QED) is 0.477. The van der Waals surface area contributed by atoms with Gasteiger partial charge in [0.2, 0.25) is 0 Å². The zero-order valence-electron chi connectivity index (χ0n) is 16.8. The van der Waals surface area contributed by atoms with Gasteiger partial charge in [-0.15, -0.1) is 0 Å². The molecule has 0 unspecified atom stereocenters. The Morgan fingerprint density at radius 2 is 1.79 bits per heavy atom. The summed E-state index contributed by atoms with van der Waals surface area (Å²) in [5.41, 5.74) is 5.72. The molecular weight excluding hydrogens is 348 g/mol. The van der Waals surface area contributed by atoms with Crippen molar-refractivity contribution in [2.45, 2.75) is 39.7 Å². The molecule has 144 valence electrons. The summed E-state index contributed by atoms with van der Waals surface area (Å²) in [7, 11) is 0. The average molecular weight is 374 g/mol. The number of hydrogen-bond acceptors (Lipinski definition) is 3. The van der Waals surface area contributed by atoms with Crippen LogP contribution in [0.3, 0.4) is 0 Å². The Bertz CT molecular complexity index is 1000. The molecule has 28 heavy (non-hydrogen) atoms. The predicted octanol–water partition coefficient (Wildman–Crippen LogP) is 5.19. The van der Waals surface area contributed by atoms with E-state index in [4.69, 9.17) is 4.74 Å². The molecule has 4 heteroatoms. The van der Waals surface area contributed by atoms with E-state index in [0.717, 1.165) is 27.6 Å². The molecule has 1 N–H and O–H groups in total. The van der Waals surface area contributed by atoms with Gasteiger partial charge < -0.3 is 4.74 Å². The average Bonchev–Trinajstić information content (AvgIpc) is 2.69. The molecule has 0 saturated heterocycles. The lowest BCUT2D eigenvalue weighted by Gasteiger charge is -2.16. The normalized spacial score (nSPS) is 12.5. The Morgan fingerprint density at radius 3 is 2.57 bits per heavy atom. The van der Waals surface area contributed by atoms with E-state index in [1.165, 1.54) is 5.56 Å². The molecule has 3 aromatic carbocycles. The van der Waals surface area contributed by atoms with Crippen molar-refractivity contribution in [3.63, 3.8) is 0 Å². The fourth-order valence-corrected chi connectivity index (χ4v) is 2.97. The van der Waals surface area contributed by atoms with Gasteiger partial charge in [0.15, 0.2) is 6.10 Å². The van der Waals surface area contributed by atoms with Gasteiger partial charge in [-0.3, -0.25) is 4.79 Å². The largest absolute Gasteiger partial charge is 0.481 e. The smallest absolute Gasteiger partial charge is 0.280 e. The molecule has 1 amide bonds. The molecule has 3 aromatic rings. The van der Waals surface area contributed by atoms with E-state index in [0.29, 0.717) is 5.92 Å². The van der Waals surface area contributed by atoms with Crippen LogP contribution in [-0.2, 0) is 4.79 Å². The van der Waals surface area contributed by atoms with Crippen molar-refractivity contribution in [2.24, 2.45) is 5.10 Å². The Morgan fingerprint density at radius 1 is 1.04 bits per heavy atom. The number of aryl methyl sites for hydroxylation is 1. The van der Waals surface area contributed by atoms with Crippen LogP contribution in [0.4, 0.5) is 0 Å². The van der Waals surface area contributed by atoms with Gasteiger partial charge in [0.1, 0.15) is 5.75 Å². The zero-order chi connectivity index (χ0) is 20.1. The Kier molecular flexibility index (Phi) is 6.09. The first-order chi connectivity index (χ1) is 13.5. The van der Waals surface area contributed by atoms with Crippen molar-refractivity contribution in [1.82, 2.24) is 5.43 Å². The third-order valence-corrected chi connectivity index (χ3v) is 4.75. The van der Waals surface area contributed by atoms with E-state index in [1.807, 2.05) is 49.4 Å². The van der Waals surface area contributed by atoms with Crippen LogP contribution >= 0.6 is 0 Å². The number of fused-ring (bicyclic) bond motifs is 1. The van der Waals surface area contributed by atoms with Gasteiger partial charge in [-0.2, -0.15) is 5.10 Å². The van der Waals surface area contributed by atoms with Crippen LogP contribution in [0.1, 0.15) is 43.4 Å². The second-order valence-electron chi connectivity index (χ2n) is 7.24. The van der Waals surface area contributed by atoms with E-state index in [-0.39, 0.29) is 5.91 Å². The molecule has 0 spiro atoms. The minimum atomic E-state index is -0.647. The summed E-state index contributed by atoms with van der Waals surface area (Å²) >= 11 is 0. The third-order valence-electron chi connectivity index (χ3n) is 4.75. The van der Waals surface area contributed by atoms with Gasteiger partial charge >= 0.3 is 0 Å². The summed E-state index contributed by atoms with van der Waals surface area (Å²) in [6.45, 7) is 7.96. The molecule has 3 rings (SSSR count). The second-order valence-corrected chi connectivity index (χ2v) is 7.24. The summed E-state index contributed by atoms with van der Waals surface area (Å²) in [5, 5.41) is 6.34. The summed E-state index contributed by atoms with van der Waals surface area (Å²) < 4.78 is 5.88. The SMILES string of the molecule is Cc1ccc(C(C)C)cc1O[C@@H](C)C(=O)NN=Cc1cccc2ccccc12. The maximum absolute atomic E-state index is 12.4. The summed E-state index contributed by atoms with van der Waals surface area (Å²) in [6.07, 6.45) is 1.02. The van der Waals surface area contributed by atoms with Crippen molar-refractivity contribution in [3.05, 3.63) is 77.4 Å². The first kappa shape index (κ1) is 19.6. The van der Waals surface area contributed by atoms with Crippen molar-refractivity contribution < 1.29 is 9.53 Å². The van der Waals surface area contributed by atoms with Crippen LogP contribution < -0.4 is 10.2 Å². The molecule has 4 nitrogen and oxygen atoms in total. The highest BCUT2D eigenvalue weighted by atomic mass is 16.5. The highest BCUT2D eigenvalue weighted by molar-refractivity contribution is 6.00. The first-order valence-corrected chi connectivity index (χ1v) is 9.53. The minimum absolute atomic E-state index is 0.286. The summed E-state index contributed by atoms with van der Waals surface area (Å²) in [5.74, 6) is 0.843. The van der Waals surface area contributed by atoms with Gasteiger partial charge in [0, 0.05) is 5.56 Å². The van der Waals surface area contributed by atoms with Crippen LogP contribution in [0.25, 0.3) is 10.8 Å². The topological polar surface area (TPSA) is 50.7 Å². The van der Waals surface area contributed by atoms with Crippen LogP contribution in [0.2, 0.25) is 0 Å². The molecule has 0 heterocycles. The van der Waals surface area contributed by atoms with Crippen molar-refractivity contribution >= 4 is 22.9 Å². The fraction of sp³-hybridized carbons (Fsp3) is 0.250. The van der Waals surface area contributed by atoms with Crippen LogP contribution in [0.15, 0.2) is 65.8 Å². The van der Waals surface area contributed by atoms with Crippen LogP contribution in [-0.4, -0.2) is 18.2 Å². The zero-order valence-corrected chi connectivity index (χ0v) is 16.8. The number of nitrogens with zero attached hydrogens (tertiary/aromatic N) is 1. The molecule has 0 saturated carbocycles. The molecule has 0 aliphatic carbocycles. The van der Waals surface area contributed by atoms with Gasteiger partial charge in [-0.25, -0.2) is 5.43 Å².